The molecule has 0 spiro atoms. The molecule has 0 bridgehead atoms. The second-order valence-corrected chi connectivity index (χ2v) is 8.68. The Hall–Kier alpha value is -3.58. The highest BCUT2D eigenvalue weighted by Crippen LogP contribution is 2.34. The normalized spacial score (nSPS) is 16.6. The molecule has 1 heteroatoms. The molecule has 1 unspecified atom stereocenters. The molecule has 3 aromatic rings. The Bertz CT molecular complexity index is 1290. The molecule has 33 heavy (non-hydrogen) atoms. The minimum Gasteiger partial charge on any atom is -0.496 e. The van der Waals surface area contributed by atoms with Crippen LogP contribution < -0.4 is 10.4 Å². The van der Waals surface area contributed by atoms with E-state index in [1.54, 1.807) is 0 Å². The summed E-state index contributed by atoms with van der Waals surface area (Å²) in [5.74, 6) is 1.25. The molecule has 0 saturated heterocycles. The van der Waals surface area contributed by atoms with Gasteiger partial charge < -0.3 is 4.74 Å². The number of ether oxygens (including phenoxy) is 1. The largest absolute Gasteiger partial charge is 0.496 e. The molecule has 2 aliphatic carbocycles. The molecule has 0 amide bonds. The number of aryl methyl sites for hydroxylation is 1. The summed E-state index contributed by atoms with van der Waals surface area (Å²) in [5, 5.41) is 2.57. The molecular formula is C32H30O. The van der Waals surface area contributed by atoms with Crippen LogP contribution in [0.4, 0.5) is 0 Å². The summed E-state index contributed by atoms with van der Waals surface area (Å²) in [4.78, 5) is 0. The Kier molecular flexibility index (Phi) is 6.68. The molecule has 1 atom stereocenters. The van der Waals surface area contributed by atoms with Gasteiger partial charge in [-0.15, -0.1) is 0 Å². The van der Waals surface area contributed by atoms with Gasteiger partial charge >= 0.3 is 0 Å². The molecule has 3 aromatic carbocycles. The van der Waals surface area contributed by atoms with Gasteiger partial charge in [-0.1, -0.05) is 115 Å². The summed E-state index contributed by atoms with van der Waals surface area (Å²) >= 11 is 0. The third-order valence-corrected chi connectivity index (χ3v) is 6.51. The topological polar surface area (TPSA) is 9.23 Å². The molecule has 164 valence electrons. The molecule has 0 aliphatic heterocycles. The zero-order chi connectivity index (χ0) is 22.3. The van der Waals surface area contributed by atoms with Gasteiger partial charge in [-0.25, -0.2) is 0 Å². The van der Waals surface area contributed by atoms with Gasteiger partial charge in [0.25, 0.3) is 0 Å². The minimum atomic E-state index is 0.164. The van der Waals surface area contributed by atoms with Gasteiger partial charge in [0.05, 0.1) is 12.5 Å². The van der Waals surface area contributed by atoms with Crippen molar-refractivity contribution in [3.63, 3.8) is 0 Å². The maximum atomic E-state index is 6.54. The van der Waals surface area contributed by atoms with Crippen LogP contribution in [0.3, 0.4) is 0 Å². The molecule has 0 fully saturated rings. The van der Waals surface area contributed by atoms with E-state index in [9.17, 15) is 0 Å². The smallest absolute Gasteiger partial charge is 0.115 e. The van der Waals surface area contributed by atoms with E-state index in [2.05, 4.69) is 115 Å². The summed E-state index contributed by atoms with van der Waals surface area (Å²) in [6, 6.07) is 30.2. The van der Waals surface area contributed by atoms with Crippen LogP contribution in [0.1, 0.15) is 24.0 Å². The lowest BCUT2D eigenvalue weighted by Crippen LogP contribution is -2.37. The van der Waals surface area contributed by atoms with E-state index in [-0.39, 0.29) is 5.92 Å². The number of allylic oxidation sites excluding steroid dienone is 4. The van der Waals surface area contributed by atoms with Crippen LogP contribution in [-0.4, -0.2) is 6.61 Å². The molecule has 0 N–H and O–H groups in total. The number of fused-ring (bicyclic) bond motifs is 2. The van der Waals surface area contributed by atoms with Gasteiger partial charge in [0.1, 0.15) is 5.76 Å². The lowest BCUT2D eigenvalue weighted by Gasteiger charge is -2.27. The summed E-state index contributed by atoms with van der Waals surface area (Å²) in [7, 11) is 0. The first-order valence-electron chi connectivity index (χ1n) is 12.0. The van der Waals surface area contributed by atoms with Crippen molar-refractivity contribution in [1.82, 2.24) is 0 Å². The second-order valence-electron chi connectivity index (χ2n) is 8.68. The first kappa shape index (κ1) is 21.3. The van der Waals surface area contributed by atoms with Crippen molar-refractivity contribution in [2.45, 2.75) is 25.7 Å². The standard InChI is InChI=1S/C32H30O/c1-4-13-25(14-5-1)17-12-22-27-28-18-8-3-9-20-30(28)32(31-21-11-10-19-29(27)31)33-24-23-26-15-6-2-7-16-26/h1-11,13-16,18-21,30H,12,17,22-24H2. The van der Waals surface area contributed by atoms with Crippen LogP contribution in [0.15, 0.2) is 121 Å². The van der Waals surface area contributed by atoms with Gasteiger partial charge in [0, 0.05) is 11.6 Å². The molecule has 2 aliphatic rings. The first-order valence-corrected chi connectivity index (χ1v) is 12.0. The number of rotatable bonds is 8. The van der Waals surface area contributed by atoms with E-state index in [4.69, 9.17) is 4.74 Å². The average molecular weight is 431 g/mol. The predicted octanol–water partition coefficient (Wildman–Crippen LogP) is 5.91. The highest BCUT2D eigenvalue weighted by molar-refractivity contribution is 5.75. The van der Waals surface area contributed by atoms with Crippen LogP contribution in [0.25, 0.3) is 11.3 Å². The summed E-state index contributed by atoms with van der Waals surface area (Å²) in [6.07, 6.45) is 15.2. The third-order valence-electron chi connectivity index (χ3n) is 6.51. The zero-order valence-corrected chi connectivity index (χ0v) is 19.0. The van der Waals surface area contributed by atoms with Crippen LogP contribution in [0, 0.1) is 5.92 Å². The van der Waals surface area contributed by atoms with Gasteiger partial charge in [-0.05, 0) is 46.8 Å². The molecule has 0 heterocycles. The van der Waals surface area contributed by atoms with Gasteiger partial charge in [-0.3, -0.25) is 0 Å². The van der Waals surface area contributed by atoms with Crippen LogP contribution in [0.5, 0.6) is 0 Å². The third kappa shape index (κ3) is 4.93. The second kappa shape index (κ2) is 10.4. The van der Waals surface area contributed by atoms with E-state index in [1.807, 2.05) is 0 Å². The Morgan fingerprint density at radius 1 is 0.606 bits per heavy atom. The van der Waals surface area contributed by atoms with E-state index < -0.39 is 0 Å². The number of hydrogen-bond donors (Lipinski definition) is 0. The Labute approximate surface area is 196 Å². The lowest BCUT2D eigenvalue weighted by atomic mass is 9.81. The fourth-order valence-corrected chi connectivity index (χ4v) is 4.89. The van der Waals surface area contributed by atoms with Crippen molar-refractivity contribution in [1.29, 1.82) is 0 Å². The Morgan fingerprint density at radius 2 is 1.27 bits per heavy atom. The predicted molar refractivity (Wildman–Crippen MR) is 138 cm³/mol. The molecule has 0 aromatic heterocycles. The quantitative estimate of drug-likeness (QED) is 0.432. The molecule has 0 radical (unpaired) electrons. The molecule has 0 saturated carbocycles. The number of benzene rings is 3. The maximum Gasteiger partial charge on any atom is 0.115 e. The summed E-state index contributed by atoms with van der Waals surface area (Å²) in [5.41, 5.74) is 5.55. The van der Waals surface area contributed by atoms with E-state index >= 15 is 0 Å². The van der Waals surface area contributed by atoms with Gasteiger partial charge in [0.2, 0.25) is 0 Å². The fourth-order valence-electron chi connectivity index (χ4n) is 4.89. The molecule has 1 nitrogen and oxygen atoms in total. The van der Waals surface area contributed by atoms with Crippen molar-refractivity contribution in [2.24, 2.45) is 5.92 Å². The van der Waals surface area contributed by atoms with E-state index in [0.29, 0.717) is 6.61 Å². The molecule has 5 rings (SSSR count). The monoisotopic (exact) mass is 430 g/mol. The SMILES string of the molecule is C1=CC=C2C(CCCc3ccccc3)=c3ccccc3=C(OCCc3ccccc3)C2C=C1. The highest BCUT2D eigenvalue weighted by Gasteiger charge is 2.26. The minimum absolute atomic E-state index is 0.164. The Morgan fingerprint density at radius 3 is 2.03 bits per heavy atom. The van der Waals surface area contributed by atoms with Crippen molar-refractivity contribution in [2.75, 3.05) is 6.61 Å². The highest BCUT2D eigenvalue weighted by atomic mass is 16.5. The van der Waals surface area contributed by atoms with Gasteiger partial charge in [0.15, 0.2) is 0 Å². The van der Waals surface area contributed by atoms with Crippen molar-refractivity contribution in [3.05, 3.63) is 142 Å². The summed E-state index contributed by atoms with van der Waals surface area (Å²) in [6.45, 7) is 0.683. The lowest BCUT2D eigenvalue weighted by molar-refractivity contribution is 0.259. The Balaban J connectivity index is 1.48. The maximum absolute atomic E-state index is 6.54. The van der Waals surface area contributed by atoms with Crippen molar-refractivity contribution in [3.8, 4) is 0 Å². The van der Waals surface area contributed by atoms with Crippen LogP contribution in [0.2, 0.25) is 0 Å². The zero-order valence-electron chi connectivity index (χ0n) is 19.0. The van der Waals surface area contributed by atoms with E-state index in [1.165, 1.54) is 32.7 Å². The number of hydrogen-bond acceptors (Lipinski definition) is 1. The van der Waals surface area contributed by atoms with Crippen LogP contribution in [-0.2, 0) is 17.6 Å². The average Bonchev–Trinajstić information content (AvgIpc) is 3.12. The fraction of sp³-hybridized carbons (Fsp3) is 0.188. The van der Waals surface area contributed by atoms with E-state index in [0.717, 1.165) is 31.4 Å². The van der Waals surface area contributed by atoms with Crippen LogP contribution >= 0.6 is 0 Å². The summed E-state index contributed by atoms with van der Waals surface area (Å²) < 4.78 is 6.54. The molecular weight excluding hydrogens is 400 g/mol. The van der Waals surface area contributed by atoms with Gasteiger partial charge in [-0.2, -0.15) is 0 Å². The first-order chi connectivity index (χ1) is 16.4. The van der Waals surface area contributed by atoms with Crippen molar-refractivity contribution >= 4 is 11.3 Å². The van der Waals surface area contributed by atoms with Crippen molar-refractivity contribution < 1.29 is 4.74 Å².